The van der Waals surface area contributed by atoms with E-state index in [9.17, 15) is 4.79 Å². The molecule has 0 saturated carbocycles. The number of Topliss-reactive ketones (excluding diaryl/α,β-unsaturated/α-hetero) is 1. The second-order valence-electron chi connectivity index (χ2n) is 4.36. The molecular formula is C11H21NO. The summed E-state index contributed by atoms with van der Waals surface area (Å²) in [6, 6.07) is 0.130. The highest BCUT2D eigenvalue weighted by atomic mass is 16.1. The van der Waals surface area contributed by atoms with Crippen molar-refractivity contribution >= 4 is 5.78 Å². The number of nitrogens with zero attached hydrogens (tertiary/aromatic N) is 1. The zero-order valence-electron chi connectivity index (χ0n) is 9.05. The van der Waals surface area contributed by atoms with E-state index in [4.69, 9.17) is 0 Å². The zero-order valence-corrected chi connectivity index (χ0v) is 9.05. The van der Waals surface area contributed by atoms with Crippen LogP contribution in [0.3, 0.4) is 0 Å². The summed E-state index contributed by atoms with van der Waals surface area (Å²) in [6.45, 7) is 8.23. The molecule has 76 valence electrons. The van der Waals surface area contributed by atoms with E-state index in [-0.39, 0.29) is 6.04 Å². The van der Waals surface area contributed by atoms with Gasteiger partial charge in [-0.3, -0.25) is 9.69 Å². The third-order valence-corrected chi connectivity index (χ3v) is 3.19. The minimum Gasteiger partial charge on any atom is -0.298 e. The fourth-order valence-corrected chi connectivity index (χ4v) is 1.93. The van der Waals surface area contributed by atoms with E-state index in [1.165, 1.54) is 19.3 Å². The molecule has 1 saturated heterocycles. The van der Waals surface area contributed by atoms with Crippen molar-refractivity contribution in [1.82, 2.24) is 4.90 Å². The molecule has 0 bridgehead atoms. The highest BCUT2D eigenvalue weighted by molar-refractivity contribution is 5.80. The first-order valence-corrected chi connectivity index (χ1v) is 5.35. The Labute approximate surface area is 81.3 Å². The van der Waals surface area contributed by atoms with Gasteiger partial charge in [-0.25, -0.2) is 0 Å². The van der Waals surface area contributed by atoms with Crippen molar-refractivity contribution in [2.45, 2.75) is 46.1 Å². The molecule has 0 aromatic rings. The molecular weight excluding hydrogens is 162 g/mol. The van der Waals surface area contributed by atoms with Crippen molar-refractivity contribution in [3.05, 3.63) is 0 Å². The Morgan fingerprint density at radius 1 is 1.38 bits per heavy atom. The second-order valence-corrected chi connectivity index (χ2v) is 4.36. The van der Waals surface area contributed by atoms with Crippen LogP contribution in [0.2, 0.25) is 0 Å². The van der Waals surface area contributed by atoms with Crippen LogP contribution in [-0.4, -0.2) is 29.8 Å². The van der Waals surface area contributed by atoms with Gasteiger partial charge in [-0.15, -0.1) is 0 Å². The largest absolute Gasteiger partial charge is 0.298 e. The third kappa shape index (κ3) is 3.11. The summed E-state index contributed by atoms with van der Waals surface area (Å²) in [5.74, 6) is 1.14. The van der Waals surface area contributed by atoms with Crippen LogP contribution in [0.15, 0.2) is 0 Å². The zero-order chi connectivity index (χ0) is 9.84. The molecule has 1 fully saturated rings. The molecule has 0 radical (unpaired) electrons. The summed E-state index contributed by atoms with van der Waals surface area (Å²) in [6.07, 6.45) is 3.82. The molecule has 1 aliphatic heterocycles. The Hall–Kier alpha value is -0.370. The Kier molecular flexibility index (Phi) is 3.91. The minimum atomic E-state index is 0.130. The summed E-state index contributed by atoms with van der Waals surface area (Å²) in [4.78, 5) is 13.5. The quantitative estimate of drug-likeness (QED) is 0.653. The van der Waals surface area contributed by atoms with Gasteiger partial charge in [-0.2, -0.15) is 0 Å². The summed E-state index contributed by atoms with van der Waals surface area (Å²) in [7, 11) is 0. The topological polar surface area (TPSA) is 20.3 Å². The number of hydrogen-bond acceptors (Lipinski definition) is 2. The summed E-state index contributed by atoms with van der Waals surface area (Å²) in [5.41, 5.74) is 0. The van der Waals surface area contributed by atoms with Crippen LogP contribution in [0.4, 0.5) is 0 Å². The lowest BCUT2D eigenvalue weighted by molar-refractivity contribution is -0.121. The summed E-state index contributed by atoms with van der Waals surface area (Å²) < 4.78 is 0. The number of hydrogen-bond donors (Lipinski definition) is 0. The molecule has 0 amide bonds. The van der Waals surface area contributed by atoms with Crippen LogP contribution in [0.5, 0.6) is 0 Å². The SMILES string of the molecule is CC(=O)C(C)N1CCCC(C)CC1. The monoisotopic (exact) mass is 183 g/mol. The fourth-order valence-electron chi connectivity index (χ4n) is 1.93. The van der Waals surface area contributed by atoms with Crippen LogP contribution in [0.25, 0.3) is 0 Å². The van der Waals surface area contributed by atoms with Crippen LogP contribution in [-0.2, 0) is 4.79 Å². The predicted molar refractivity (Wildman–Crippen MR) is 54.7 cm³/mol. The molecule has 2 unspecified atom stereocenters. The molecule has 2 heteroatoms. The first kappa shape index (κ1) is 10.7. The molecule has 13 heavy (non-hydrogen) atoms. The fraction of sp³-hybridized carbons (Fsp3) is 0.909. The van der Waals surface area contributed by atoms with Crippen molar-refractivity contribution in [3.63, 3.8) is 0 Å². The number of rotatable bonds is 2. The number of carbonyl (C=O) groups excluding carboxylic acids is 1. The molecule has 1 heterocycles. The van der Waals surface area contributed by atoms with E-state index in [1.807, 2.05) is 6.92 Å². The molecule has 0 N–H and O–H groups in total. The van der Waals surface area contributed by atoms with Crippen LogP contribution in [0.1, 0.15) is 40.0 Å². The van der Waals surface area contributed by atoms with E-state index in [0.717, 1.165) is 19.0 Å². The van der Waals surface area contributed by atoms with Crippen molar-refractivity contribution in [3.8, 4) is 0 Å². The van der Waals surface area contributed by atoms with Crippen molar-refractivity contribution in [1.29, 1.82) is 0 Å². The second kappa shape index (κ2) is 4.75. The van der Waals surface area contributed by atoms with E-state index in [2.05, 4.69) is 11.8 Å². The molecule has 2 atom stereocenters. The minimum absolute atomic E-state index is 0.130. The average molecular weight is 183 g/mol. The van der Waals surface area contributed by atoms with Gasteiger partial charge in [0.25, 0.3) is 0 Å². The third-order valence-electron chi connectivity index (χ3n) is 3.19. The van der Waals surface area contributed by atoms with Gasteiger partial charge in [0.1, 0.15) is 5.78 Å². The van der Waals surface area contributed by atoms with E-state index >= 15 is 0 Å². The van der Waals surface area contributed by atoms with Crippen molar-refractivity contribution in [2.24, 2.45) is 5.92 Å². The highest BCUT2D eigenvalue weighted by Crippen LogP contribution is 2.18. The Morgan fingerprint density at radius 2 is 2.08 bits per heavy atom. The predicted octanol–water partition coefficient (Wildman–Crippen LogP) is 2.09. The molecule has 0 aromatic carbocycles. The van der Waals surface area contributed by atoms with Crippen molar-refractivity contribution in [2.75, 3.05) is 13.1 Å². The van der Waals surface area contributed by atoms with E-state index < -0.39 is 0 Å². The first-order valence-electron chi connectivity index (χ1n) is 5.35. The first-order chi connectivity index (χ1) is 6.11. The maximum Gasteiger partial charge on any atom is 0.146 e. The maximum atomic E-state index is 11.2. The van der Waals surface area contributed by atoms with E-state index in [1.54, 1.807) is 6.92 Å². The molecule has 0 spiro atoms. The van der Waals surface area contributed by atoms with Crippen molar-refractivity contribution < 1.29 is 4.79 Å². The molecule has 0 aromatic heterocycles. The van der Waals surface area contributed by atoms with Crippen LogP contribution in [0, 0.1) is 5.92 Å². The summed E-state index contributed by atoms with van der Waals surface area (Å²) >= 11 is 0. The van der Waals surface area contributed by atoms with Gasteiger partial charge < -0.3 is 0 Å². The molecule has 0 aliphatic carbocycles. The lowest BCUT2D eigenvalue weighted by Crippen LogP contribution is -2.38. The molecule has 1 rings (SSSR count). The Morgan fingerprint density at radius 3 is 2.69 bits per heavy atom. The van der Waals surface area contributed by atoms with Gasteiger partial charge in [0.05, 0.1) is 6.04 Å². The summed E-state index contributed by atoms with van der Waals surface area (Å²) in [5, 5.41) is 0. The number of carbonyl (C=O) groups is 1. The average Bonchev–Trinajstić information content (AvgIpc) is 2.28. The van der Waals surface area contributed by atoms with Gasteiger partial charge in [-0.1, -0.05) is 6.92 Å². The van der Waals surface area contributed by atoms with Crippen LogP contribution < -0.4 is 0 Å². The molecule has 2 nitrogen and oxygen atoms in total. The lowest BCUT2D eigenvalue weighted by Gasteiger charge is -2.25. The van der Waals surface area contributed by atoms with Gasteiger partial charge in [0.15, 0.2) is 0 Å². The number of ketones is 1. The van der Waals surface area contributed by atoms with Crippen LogP contribution >= 0.6 is 0 Å². The smallest absolute Gasteiger partial charge is 0.146 e. The standard InChI is InChI=1S/C11H21NO/c1-9-5-4-7-12(8-6-9)10(2)11(3)13/h9-10H,4-8H2,1-3H3. The molecule has 1 aliphatic rings. The normalized spacial score (nSPS) is 28.1. The van der Waals surface area contributed by atoms with E-state index in [0.29, 0.717) is 5.78 Å². The van der Waals surface area contributed by atoms with Gasteiger partial charge >= 0.3 is 0 Å². The Bertz CT molecular complexity index is 179. The van der Waals surface area contributed by atoms with Gasteiger partial charge in [0.2, 0.25) is 0 Å². The maximum absolute atomic E-state index is 11.2. The highest BCUT2D eigenvalue weighted by Gasteiger charge is 2.20. The van der Waals surface area contributed by atoms with Gasteiger partial charge in [0, 0.05) is 0 Å². The number of likely N-dealkylation sites (tertiary alicyclic amines) is 1. The Balaban J connectivity index is 2.46. The lowest BCUT2D eigenvalue weighted by atomic mass is 10.0. The van der Waals surface area contributed by atoms with Gasteiger partial charge in [-0.05, 0) is 52.1 Å².